The third-order valence-electron chi connectivity index (χ3n) is 5.60. The number of ether oxygens (including phenoxy) is 2. The maximum absolute atomic E-state index is 14.6. The minimum atomic E-state index is -0.671. The molecule has 0 saturated carbocycles. The summed E-state index contributed by atoms with van der Waals surface area (Å²) in [6, 6.07) is 8.16. The van der Waals surface area contributed by atoms with E-state index in [1.54, 1.807) is 36.2 Å². The van der Waals surface area contributed by atoms with Crippen LogP contribution in [0.1, 0.15) is 31.9 Å². The molecule has 0 N–H and O–H groups in total. The molecule has 6 nitrogen and oxygen atoms in total. The third kappa shape index (κ3) is 3.45. The van der Waals surface area contributed by atoms with E-state index < -0.39 is 5.54 Å². The van der Waals surface area contributed by atoms with E-state index in [1.807, 2.05) is 6.92 Å². The van der Waals surface area contributed by atoms with Gasteiger partial charge in [-0.2, -0.15) is 0 Å². The maximum atomic E-state index is 14.6. The van der Waals surface area contributed by atoms with Gasteiger partial charge in [-0.25, -0.2) is 9.37 Å². The summed E-state index contributed by atoms with van der Waals surface area (Å²) in [5, 5.41) is 0. The first-order valence-electron chi connectivity index (χ1n) is 9.79. The molecule has 152 valence electrons. The highest BCUT2D eigenvalue weighted by atomic mass is 19.1. The van der Waals surface area contributed by atoms with Crippen molar-refractivity contribution in [2.45, 2.75) is 31.7 Å². The fourth-order valence-corrected chi connectivity index (χ4v) is 4.03. The lowest BCUT2D eigenvalue weighted by molar-refractivity contribution is -0.130. The number of carbonyl (C=O) groups excluding carboxylic acids is 1. The molecule has 1 saturated heterocycles. The van der Waals surface area contributed by atoms with E-state index in [0.29, 0.717) is 60.9 Å². The van der Waals surface area contributed by atoms with Gasteiger partial charge in [0.1, 0.15) is 17.1 Å². The Hall–Kier alpha value is -2.96. The average Bonchev–Trinajstić information content (AvgIpc) is 3.29. The Balaban J connectivity index is 1.76. The fourth-order valence-electron chi connectivity index (χ4n) is 4.03. The molecule has 1 fully saturated rings. The summed E-state index contributed by atoms with van der Waals surface area (Å²) in [6.45, 7) is 3.09. The van der Waals surface area contributed by atoms with Crippen molar-refractivity contribution < 1.29 is 18.7 Å². The Morgan fingerprint density at radius 1 is 1.24 bits per heavy atom. The number of aromatic nitrogens is 1. The zero-order valence-corrected chi connectivity index (χ0v) is 16.9. The Kier molecular flexibility index (Phi) is 4.98. The summed E-state index contributed by atoms with van der Waals surface area (Å²) in [6.07, 6.45) is 2.04. The van der Waals surface area contributed by atoms with E-state index in [9.17, 15) is 9.18 Å². The highest BCUT2D eigenvalue weighted by Gasteiger charge is 2.48. The Labute approximate surface area is 169 Å². The van der Waals surface area contributed by atoms with Crippen molar-refractivity contribution in [1.82, 2.24) is 9.88 Å². The van der Waals surface area contributed by atoms with Gasteiger partial charge in [-0.3, -0.25) is 9.79 Å². The molecule has 7 heteroatoms. The smallest absolute Gasteiger partial charge is 0.250 e. The van der Waals surface area contributed by atoms with E-state index >= 15 is 0 Å². The van der Waals surface area contributed by atoms with Crippen molar-refractivity contribution >= 4 is 11.6 Å². The summed E-state index contributed by atoms with van der Waals surface area (Å²) in [4.78, 5) is 23.6. The molecule has 29 heavy (non-hydrogen) atoms. The number of amides is 1. The normalized spacial score (nSPS) is 21.0. The molecule has 1 amide bonds. The Morgan fingerprint density at radius 3 is 2.76 bits per heavy atom. The molecule has 1 atom stereocenters. The van der Waals surface area contributed by atoms with Crippen molar-refractivity contribution in [3.63, 3.8) is 0 Å². The number of nitrogens with zero attached hydrogens (tertiary/aromatic N) is 3. The predicted octanol–water partition coefficient (Wildman–Crippen LogP) is 3.48. The molecule has 0 bridgehead atoms. The number of halogens is 1. The van der Waals surface area contributed by atoms with Gasteiger partial charge in [-0.05, 0) is 56.0 Å². The van der Waals surface area contributed by atoms with E-state index in [2.05, 4.69) is 4.98 Å². The second kappa shape index (κ2) is 7.46. The van der Waals surface area contributed by atoms with E-state index in [-0.39, 0.29) is 11.7 Å². The van der Waals surface area contributed by atoms with Crippen LogP contribution in [-0.4, -0.2) is 54.4 Å². The summed E-state index contributed by atoms with van der Waals surface area (Å²) in [5.41, 5.74) is 1.73. The molecule has 3 heterocycles. The first-order valence-corrected chi connectivity index (χ1v) is 9.79. The van der Waals surface area contributed by atoms with Crippen LogP contribution in [0, 0.1) is 5.82 Å². The second-order valence-corrected chi connectivity index (χ2v) is 7.42. The second-order valence-electron chi connectivity index (χ2n) is 7.42. The summed E-state index contributed by atoms with van der Waals surface area (Å²) >= 11 is 0. The largest absolute Gasteiger partial charge is 0.494 e. The topological polar surface area (TPSA) is 64.0 Å². The van der Waals surface area contributed by atoms with Crippen molar-refractivity contribution in [3.8, 4) is 22.8 Å². The summed E-state index contributed by atoms with van der Waals surface area (Å²) in [7, 11) is 3.33. The lowest BCUT2D eigenvalue weighted by Crippen LogP contribution is -2.35. The van der Waals surface area contributed by atoms with Gasteiger partial charge in [-0.1, -0.05) is 0 Å². The molecule has 4 rings (SSSR count). The maximum Gasteiger partial charge on any atom is 0.250 e. The first kappa shape index (κ1) is 19.4. The molecule has 2 aliphatic heterocycles. The Bertz CT molecular complexity index is 991. The number of pyridine rings is 1. The number of carbonyl (C=O) groups is 1. The number of hydrogen-bond acceptors (Lipinski definition) is 5. The van der Waals surface area contributed by atoms with Gasteiger partial charge >= 0.3 is 0 Å². The molecular weight excluding hydrogens is 373 g/mol. The van der Waals surface area contributed by atoms with Crippen LogP contribution in [-0.2, 0) is 4.79 Å². The zero-order chi connectivity index (χ0) is 20.6. The number of methoxy groups -OCH3 is 1. The molecule has 1 aromatic carbocycles. The van der Waals surface area contributed by atoms with Crippen LogP contribution in [0.5, 0.6) is 11.6 Å². The SMILES string of the molecule is CCOc1ccc(F)c(-c2cc(OC)nc(C3=NC4(CC3)CCN(C)C4=O)c2)c1. The minimum Gasteiger partial charge on any atom is -0.494 e. The highest BCUT2D eigenvalue weighted by Crippen LogP contribution is 2.38. The predicted molar refractivity (Wildman–Crippen MR) is 108 cm³/mol. The minimum absolute atomic E-state index is 0.0612. The molecule has 2 aromatic rings. The van der Waals surface area contributed by atoms with Gasteiger partial charge in [0.2, 0.25) is 11.8 Å². The number of aliphatic imine (C=N–C) groups is 1. The van der Waals surface area contributed by atoms with Crippen molar-refractivity contribution in [1.29, 1.82) is 0 Å². The van der Waals surface area contributed by atoms with Crippen LogP contribution in [0.25, 0.3) is 11.1 Å². The number of likely N-dealkylation sites (N-methyl/N-ethyl adjacent to an activating group) is 1. The first-order chi connectivity index (χ1) is 14.0. The molecule has 0 aliphatic carbocycles. The van der Waals surface area contributed by atoms with Crippen LogP contribution >= 0.6 is 0 Å². The van der Waals surface area contributed by atoms with Gasteiger partial charge in [0, 0.05) is 25.2 Å². The summed E-state index contributed by atoms with van der Waals surface area (Å²) in [5.74, 6) is 0.673. The lowest BCUT2D eigenvalue weighted by Gasteiger charge is -2.17. The van der Waals surface area contributed by atoms with Gasteiger partial charge < -0.3 is 14.4 Å². The van der Waals surface area contributed by atoms with Crippen molar-refractivity contribution in [2.24, 2.45) is 4.99 Å². The molecular formula is C22H24FN3O3. The van der Waals surface area contributed by atoms with Crippen LogP contribution in [0.15, 0.2) is 35.3 Å². The van der Waals surface area contributed by atoms with Gasteiger partial charge in [0.05, 0.1) is 25.1 Å². The zero-order valence-electron chi connectivity index (χ0n) is 16.9. The van der Waals surface area contributed by atoms with E-state index in [0.717, 1.165) is 5.71 Å². The third-order valence-corrected chi connectivity index (χ3v) is 5.60. The van der Waals surface area contributed by atoms with Gasteiger partial charge in [0.15, 0.2) is 0 Å². The van der Waals surface area contributed by atoms with Crippen LogP contribution in [0.3, 0.4) is 0 Å². The highest BCUT2D eigenvalue weighted by molar-refractivity contribution is 6.05. The van der Waals surface area contributed by atoms with Crippen molar-refractivity contribution in [3.05, 3.63) is 41.8 Å². The molecule has 2 aliphatic rings. The standard InChI is InChI=1S/C22H24FN3O3/c1-4-29-15-5-6-17(23)16(13-15)14-11-19(24-20(12-14)28-3)18-7-8-22(25-18)9-10-26(2)21(22)27/h5-6,11-13H,4,7-10H2,1-3H3. The quantitative estimate of drug-likeness (QED) is 0.775. The van der Waals surface area contributed by atoms with E-state index in [1.165, 1.54) is 13.2 Å². The van der Waals surface area contributed by atoms with Crippen molar-refractivity contribution in [2.75, 3.05) is 27.3 Å². The van der Waals surface area contributed by atoms with Gasteiger partial charge in [-0.15, -0.1) is 0 Å². The van der Waals surface area contributed by atoms with Crippen LogP contribution in [0.2, 0.25) is 0 Å². The van der Waals surface area contributed by atoms with Gasteiger partial charge in [0.25, 0.3) is 0 Å². The monoisotopic (exact) mass is 397 g/mol. The number of hydrogen-bond donors (Lipinski definition) is 0. The number of rotatable bonds is 5. The number of benzene rings is 1. The van der Waals surface area contributed by atoms with Crippen LogP contribution in [0.4, 0.5) is 4.39 Å². The van der Waals surface area contributed by atoms with Crippen LogP contribution < -0.4 is 9.47 Å². The van der Waals surface area contributed by atoms with E-state index in [4.69, 9.17) is 14.5 Å². The average molecular weight is 397 g/mol. The molecule has 1 spiro atoms. The number of likely N-dealkylation sites (tertiary alicyclic amines) is 1. The lowest BCUT2D eigenvalue weighted by atomic mass is 9.95. The molecule has 0 radical (unpaired) electrons. The molecule has 1 unspecified atom stereocenters. The Morgan fingerprint density at radius 2 is 2.07 bits per heavy atom. The molecule has 1 aromatic heterocycles. The fraction of sp³-hybridized carbons (Fsp3) is 0.409. The summed E-state index contributed by atoms with van der Waals surface area (Å²) < 4.78 is 25.4.